The van der Waals surface area contributed by atoms with E-state index in [9.17, 15) is 19.2 Å². The van der Waals surface area contributed by atoms with Gasteiger partial charge < -0.3 is 10.2 Å². The van der Waals surface area contributed by atoms with Gasteiger partial charge in [0.2, 0.25) is 0 Å². The van der Waals surface area contributed by atoms with Crippen molar-refractivity contribution in [3.63, 3.8) is 0 Å². The molecule has 7 heteroatoms. The van der Waals surface area contributed by atoms with Gasteiger partial charge in [0.15, 0.2) is 5.78 Å². The Bertz CT molecular complexity index is 508. The van der Waals surface area contributed by atoms with Gasteiger partial charge in [0.1, 0.15) is 5.94 Å². The number of hydrogen-bond acceptors (Lipinski definition) is 4. The average molecular weight is 448 g/mol. The van der Waals surface area contributed by atoms with E-state index in [-0.39, 0.29) is 35.3 Å². The third-order valence-electron chi connectivity index (χ3n) is 4.62. The predicted octanol–water partition coefficient (Wildman–Crippen LogP) is 5.54. The third-order valence-corrected chi connectivity index (χ3v) is 4.62. The molecule has 2 N–H and O–H groups in total. The summed E-state index contributed by atoms with van der Waals surface area (Å²) in [5.74, 6) is -1.05. The van der Waals surface area contributed by atoms with Gasteiger partial charge in [-0.15, -0.1) is 0 Å². The van der Waals surface area contributed by atoms with Crippen molar-refractivity contribution in [1.82, 2.24) is 0 Å². The second-order valence-corrected chi connectivity index (χ2v) is 7.44. The Morgan fingerprint density at radius 2 is 0.968 bits per heavy atom. The number of allylic oxidation sites excluding steroid dienone is 1. The Morgan fingerprint density at radius 1 is 0.645 bits per heavy atom. The number of rotatable bonds is 19. The molecule has 0 spiro atoms. The number of aliphatic carboxylic acids is 2. The van der Waals surface area contributed by atoms with E-state index in [0.29, 0.717) is 18.6 Å². The van der Waals surface area contributed by atoms with Crippen LogP contribution in [0.3, 0.4) is 0 Å². The first-order chi connectivity index (χ1) is 14.4. The third kappa shape index (κ3) is 36.5. The van der Waals surface area contributed by atoms with E-state index in [2.05, 4.69) is 6.92 Å². The zero-order valence-corrected chi connectivity index (χ0v) is 21.6. The predicted molar refractivity (Wildman–Crippen MR) is 125 cm³/mol. The molecule has 0 aromatic carbocycles. The molecule has 0 aromatic heterocycles. The van der Waals surface area contributed by atoms with Crippen LogP contribution in [0.25, 0.3) is 0 Å². The minimum absolute atomic E-state index is 0. The van der Waals surface area contributed by atoms with E-state index in [1.807, 2.05) is 0 Å². The van der Waals surface area contributed by atoms with Gasteiger partial charge >= 0.3 is 11.9 Å². The molecule has 0 aliphatic heterocycles. The first-order valence-corrected chi connectivity index (χ1v) is 11.3. The Kier molecular flexibility index (Phi) is 32.0. The fraction of sp³-hybridized carbons (Fsp3) is 0.708. The summed E-state index contributed by atoms with van der Waals surface area (Å²) in [4.78, 5) is 40.1. The number of carboxylic acids is 2. The molecule has 0 aliphatic rings. The summed E-state index contributed by atoms with van der Waals surface area (Å²) >= 11 is 0. The summed E-state index contributed by atoms with van der Waals surface area (Å²) in [6.45, 7) is 2.27. The van der Waals surface area contributed by atoms with Crippen LogP contribution in [0.15, 0.2) is 18.2 Å². The van der Waals surface area contributed by atoms with Crippen molar-refractivity contribution in [2.45, 2.75) is 110 Å². The van der Waals surface area contributed by atoms with E-state index < -0.39 is 11.9 Å². The van der Waals surface area contributed by atoms with Crippen LogP contribution in [0.1, 0.15) is 110 Å². The summed E-state index contributed by atoms with van der Waals surface area (Å²) in [6, 6.07) is 0. The van der Waals surface area contributed by atoms with E-state index in [1.165, 1.54) is 83.5 Å². The van der Waals surface area contributed by atoms with Gasteiger partial charge in [-0.25, -0.2) is 14.4 Å². The van der Waals surface area contributed by atoms with Gasteiger partial charge in [0.25, 0.3) is 0 Å². The number of unbranched alkanes of at least 4 members (excludes halogenated alkanes) is 14. The average Bonchev–Trinajstić information content (AvgIpc) is 2.70. The van der Waals surface area contributed by atoms with Crippen molar-refractivity contribution in [2.24, 2.45) is 0 Å². The summed E-state index contributed by atoms with van der Waals surface area (Å²) in [5, 5.41) is 15.6. The van der Waals surface area contributed by atoms with E-state index in [1.54, 1.807) is 5.94 Å². The van der Waals surface area contributed by atoms with Crippen molar-refractivity contribution < 1.29 is 29.4 Å². The molecule has 0 atom stereocenters. The molecule has 0 bridgehead atoms. The standard InChI is InChI=1S/C20H36O2.C4H4O4.Na/c1-2-3-4-5-6-7-8-9-10-11-12-13-14-15-16-17-20(22)18-19-21;5-3(6)1-2-4(7)8;/h18H,2-17H2,1H3;1-2H,(H,5,6)(H,7,8);/b;2-1+;. The van der Waals surface area contributed by atoms with Gasteiger partial charge in [-0.2, -0.15) is 0 Å². The van der Waals surface area contributed by atoms with Gasteiger partial charge in [-0.1, -0.05) is 96.8 Å². The fourth-order valence-corrected chi connectivity index (χ4v) is 2.95. The smallest absolute Gasteiger partial charge is 0.328 e. The van der Waals surface area contributed by atoms with Crippen molar-refractivity contribution in [1.29, 1.82) is 0 Å². The monoisotopic (exact) mass is 447 g/mol. The number of carbonyl (C=O) groups is 3. The first-order valence-electron chi connectivity index (χ1n) is 11.3. The van der Waals surface area contributed by atoms with Crippen LogP contribution in [0.4, 0.5) is 0 Å². The second kappa shape index (κ2) is 28.8. The molecule has 0 aromatic rings. The molecule has 0 saturated heterocycles. The van der Waals surface area contributed by atoms with Crippen LogP contribution in [0.5, 0.6) is 0 Å². The fourth-order valence-electron chi connectivity index (χ4n) is 2.95. The quantitative estimate of drug-likeness (QED) is 0.117. The van der Waals surface area contributed by atoms with Crippen LogP contribution in [-0.4, -0.2) is 63.4 Å². The van der Waals surface area contributed by atoms with Crippen molar-refractivity contribution in [3.05, 3.63) is 18.2 Å². The van der Waals surface area contributed by atoms with Crippen LogP contribution in [-0.2, 0) is 19.2 Å². The Labute approximate surface area is 209 Å². The SMILES string of the molecule is CCCCCCCCCCCCCCCCCC(=O)C=C=O.O=C(O)/C=C/C(=O)O.[Na]. The molecule has 1 radical (unpaired) electrons. The number of ketones is 1. The van der Waals surface area contributed by atoms with Crippen LogP contribution in [0, 0.1) is 0 Å². The molecule has 173 valence electrons. The normalized spacial score (nSPS) is 9.84. The maximum atomic E-state index is 11.1. The molecule has 0 fully saturated rings. The van der Waals surface area contributed by atoms with Gasteiger partial charge in [-0.05, 0) is 6.42 Å². The number of carbonyl (C=O) groups excluding carboxylic acids is 2. The largest absolute Gasteiger partial charge is 0.478 e. The van der Waals surface area contributed by atoms with Crippen molar-refractivity contribution >= 4 is 53.2 Å². The van der Waals surface area contributed by atoms with E-state index >= 15 is 0 Å². The Morgan fingerprint density at radius 3 is 1.26 bits per heavy atom. The van der Waals surface area contributed by atoms with Gasteiger partial charge in [0, 0.05) is 48.1 Å². The zero-order valence-electron chi connectivity index (χ0n) is 19.6. The minimum atomic E-state index is -1.26. The Balaban J connectivity index is -0.000000739. The topological polar surface area (TPSA) is 109 Å². The molecule has 0 unspecified atom stereocenters. The van der Waals surface area contributed by atoms with Crippen LogP contribution < -0.4 is 0 Å². The van der Waals surface area contributed by atoms with E-state index in [4.69, 9.17) is 10.2 Å². The summed E-state index contributed by atoms with van der Waals surface area (Å²) in [6.07, 6.45) is 22.5. The molecule has 0 rings (SSSR count). The maximum Gasteiger partial charge on any atom is 0.328 e. The second-order valence-electron chi connectivity index (χ2n) is 7.44. The number of carboxylic acid groups (broad SMARTS) is 2. The van der Waals surface area contributed by atoms with Gasteiger partial charge in [0.05, 0.1) is 6.08 Å². The molecule has 0 aliphatic carbocycles. The van der Waals surface area contributed by atoms with Crippen molar-refractivity contribution in [3.8, 4) is 0 Å². The molecule has 0 heterocycles. The Hall–Kier alpha value is -1.20. The van der Waals surface area contributed by atoms with Crippen LogP contribution >= 0.6 is 0 Å². The maximum absolute atomic E-state index is 11.1. The molecule has 31 heavy (non-hydrogen) atoms. The van der Waals surface area contributed by atoms with Crippen molar-refractivity contribution in [2.75, 3.05) is 0 Å². The number of hydrogen-bond donors (Lipinski definition) is 2. The molecule has 0 amide bonds. The molecular formula is C24H40NaO6. The molecule has 6 nitrogen and oxygen atoms in total. The van der Waals surface area contributed by atoms with E-state index in [0.717, 1.165) is 18.9 Å². The summed E-state index contributed by atoms with van der Waals surface area (Å²) in [7, 11) is 0. The first kappa shape index (κ1) is 34.4. The molecule has 0 saturated carbocycles. The zero-order chi connectivity index (χ0) is 22.9. The van der Waals surface area contributed by atoms with Gasteiger partial charge in [-0.3, -0.25) is 4.79 Å². The summed E-state index contributed by atoms with van der Waals surface area (Å²) < 4.78 is 0. The molecular weight excluding hydrogens is 407 g/mol. The van der Waals surface area contributed by atoms with Crippen LogP contribution in [0.2, 0.25) is 0 Å². The minimum Gasteiger partial charge on any atom is -0.478 e. The summed E-state index contributed by atoms with van der Waals surface area (Å²) in [5.41, 5.74) is 0.